The van der Waals surface area contributed by atoms with Gasteiger partial charge in [-0.2, -0.15) is 0 Å². The number of rotatable bonds is 7. The normalized spacial score (nSPS) is 19.6. The van der Waals surface area contributed by atoms with Crippen molar-refractivity contribution < 1.29 is 4.74 Å². The molecule has 6 heteroatoms. The van der Waals surface area contributed by atoms with Crippen LogP contribution >= 0.6 is 0 Å². The van der Waals surface area contributed by atoms with Gasteiger partial charge >= 0.3 is 0 Å². The van der Waals surface area contributed by atoms with E-state index in [1.807, 2.05) is 4.68 Å². The van der Waals surface area contributed by atoms with E-state index in [1.54, 1.807) is 0 Å². The number of aryl methyl sites for hydroxylation is 1. The molecular weight excluding hydrogens is 422 g/mol. The van der Waals surface area contributed by atoms with Crippen LogP contribution in [0.4, 0.5) is 5.69 Å². The predicted molar refractivity (Wildman–Crippen MR) is 137 cm³/mol. The molecule has 34 heavy (non-hydrogen) atoms. The van der Waals surface area contributed by atoms with E-state index in [9.17, 15) is 0 Å². The summed E-state index contributed by atoms with van der Waals surface area (Å²) in [6, 6.07) is 18.2. The van der Waals surface area contributed by atoms with Gasteiger partial charge in [-0.15, -0.1) is 5.10 Å². The Hall–Kier alpha value is -2.70. The first kappa shape index (κ1) is 23.1. The largest absolute Gasteiger partial charge is 0.376 e. The fourth-order valence-electron chi connectivity index (χ4n) is 5.37. The standard InChI is InChI=1S/C28H37N5O/c1-22-18-25(32-15-13-24(14-16-32)31(2)19-23-8-4-3-5-9-23)11-12-27(22)28-21-33(30-29-28)20-26-10-6-7-17-34-26/h3-5,8-9,11-12,18,21,24,26H,6-7,10,13-17,19-20H2,1-2H3. The van der Waals surface area contributed by atoms with Crippen LogP contribution in [0.5, 0.6) is 0 Å². The van der Waals surface area contributed by atoms with Crippen molar-refractivity contribution in [1.29, 1.82) is 0 Å². The Labute approximate surface area is 203 Å². The molecule has 2 aromatic carbocycles. The summed E-state index contributed by atoms with van der Waals surface area (Å²) in [7, 11) is 2.26. The highest BCUT2D eigenvalue weighted by molar-refractivity contribution is 5.67. The van der Waals surface area contributed by atoms with Crippen molar-refractivity contribution in [3.05, 3.63) is 65.9 Å². The van der Waals surface area contributed by atoms with Crippen LogP contribution in [0.15, 0.2) is 54.7 Å². The van der Waals surface area contributed by atoms with Crippen molar-refractivity contribution in [3.63, 3.8) is 0 Å². The van der Waals surface area contributed by atoms with Gasteiger partial charge in [0.1, 0.15) is 5.69 Å². The first-order chi connectivity index (χ1) is 16.7. The van der Waals surface area contributed by atoms with Crippen LogP contribution in [0.3, 0.4) is 0 Å². The van der Waals surface area contributed by atoms with Crippen LogP contribution in [0.2, 0.25) is 0 Å². The molecule has 2 aliphatic rings. The lowest BCUT2D eigenvalue weighted by atomic mass is 10.0. The van der Waals surface area contributed by atoms with E-state index >= 15 is 0 Å². The summed E-state index contributed by atoms with van der Waals surface area (Å²) in [5.41, 5.74) is 6.06. The molecule has 5 rings (SSSR count). The number of hydrogen-bond donors (Lipinski definition) is 0. The van der Waals surface area contributed by atoms with Crippen LogP contribution in [-0.2, 0) is 17.8 Å². The van der Waals surface area contributed by atoms with Gasteiger partial charge in [0, 0.05) is 43.5 Å². The Morgan fingerprint density at radius 2 is 1.85 bits per heavy atom. The summed E-state index contributed by atoms with van der Waals surface area (Å²) < 4.78 is 7.80. The molecule has 6 nitrogen and oxygen atoms in total. The highest BCUT2D eigenvalue weighted by atomic mass is 16.5. The summed E-state index contributed by atoms with van der Waals surface area (Å²) in [5, 5.41) is 8.82. The summed E-state index contributed by atoms with van der Waals surface area (Å²) in [4.78, 5) is 5.05. The SMILES string of the molecule is Cc1cc(N2CCC(N(C)Cc3ccccc3)CC2)ccc1-c1cn(CC2CCCCO2)nn1. The van der Waals surface area contributed by atoms with E-state index < -0.39 is 0 Å². The van der Waals surface area contributed by atoms with Crippen molar-refractivity contribution in [3.8, 4) is 11.3 Å². The summed E-state index contributed by atoms with van der Waals surface area (Å²) >= 11 is 0. The Bertz CT molecular complexity index is 1050. The van der Waals surface area contributed by atoms with Crippen LogP contribution in [0.1, 0.15) is 43.2 Å². The topological polar surface area (TPSA) is 46.4 Å². The minimum atomic E-state index is 0.265. The van der Waals surface area contributed by atoms with E-state index in [1.165, 1.54) is 42.5 Å². The Morgan fingerprint density at radius 1 is 1.03 bits per heavy atom. The molecule has 1 atom stereocenters. The molecule has 0 bridgehead atoms. The average Bonchev–Trinajstić information content (AvgIpc) is 3.33. The molecule has 0 spiro atoms. The minimum Gasteiger partial charge on any atom is -0.376 e. The average molecular weight is 460 g/mol. The van der Waals surface area contributed by atoms with Crippen molar-refractivity contribution >= 4 is 5.69 Å². The van der Waals surface area contributed by atoms with Crippen molar-refractivity contribution in [2.24, 2.45) is 0 Å². The molecule has 2 saturated heterocycles. The lowest BCUT2D eigenvalue weighted by Gasteiger charge is -2.38. The van der Waals surface area contributed by atoms with Crippen molar-refractivity contribution in [2.75, 3.05) is 31.6 Å². The first-order valence-electron chi connectivity index (χ1n) is 12.8. The van der Waals surface area contributed by atoms with Gasteiger partial charge in [0.15, 0.2) is 0 Å². The molecule has 3 aromatic rings. The molecule has 2 aliphatic heterocycles. The molecule has 0 N–H and O–H groups in total. The number of nitrogens with zero attached hydrogens (tertiary/aromatic N) is 5. The molecule has 0 radical (unpaired) electrons. The van der Waals surface area contributed by atoms with Gasteiger partial charge in [0.25, 0.3) is 0 Å². The van der Waals surface area contributed by atoms with Gasteiger partial charge in [-0.25, -0.2) is 4.68 Å². The highest BCUT2D eigenvalue weighted by Gasteiger charge is 2.23. The predicted octanol–water partition coefficient (Wildman–Crippen LogP) is 4.92. The second kappa shape index (κ2) is 10.7. The van der Waals surface area contributed by atoms with E-state index in [4.69, 9.17) is 4.74 Å². The molecule has 2 fully saturated rings. The van der Waals surface area contributed by atoms with E-state index in [-0.39, 0.29) is 6.10 Å². The summed E-state index contributed by atoms with van der Waals surface area (Å²) in [6.07, 6.45) is 8.25. The molecule has 0 saturated carbocycles. The lowest BCUT2D eigenvalue weighted by molar-refractivity contribution is 0.00370. The lowest BCUT2D eigenvalue weighted by Crippen LogP contribution is -2.43. The van der Waals surface area contributed by atoms with E-state index in [0.717, 1.165) is 50.5 Å². The summed E-state index contributed by atoms with van der Waals surface area (Å²) in [5.74, 6) is 0. The quantitative estimate of drug-likeness (QED) is 0.502. The Kier molecular flexibility index (Phi) is 7.26. The number of hydrogen-bond acceptors (Lipinski definition) is 5. The molecule has 3 heterocycles. The molecule has 0 amide bonds. The van der Waals surface area contributed by atoms with Gasteiger partial charge in [-0.05, 0) is 69.3 Å². The van der Waals surface area contributed by atoms with Crippen LogP contribution in [0, 0.1) is 6.92 Å². The number of ether oxygens (including phenoxy) is 1. The maximum absolute atomic E-state index is 5.86. The van der Waals surface area contributed by atoms with Gasteiger partial charge in [0.05, 0.1) is 18.8 Å². The maximum atomic E-state index is 5.86. The van der Waals surface area contributed by atoms with E-state index in [2.05, 4.69) is 88.8 Å². The third-order valence-electron chi connectivity index (χ3n) is 7.42. The zero-order valence-corrected chi connectivity index (χ0v) is 20.6. The van der Waals surface area contributed by atoms with Crippen molar-refractivity contribution in [1.82, 2.24) is 19.9 Å². The third kappa shape index (κ3) is 5.50. The fraction of sp³-hybridized carbons (Fsp3) is 0.500. The third-order valence-corrected chi connectivity index (χ3v) is 7.42. The number of aromatic nitrogens is 3. The van der Waals surface area contributed by atoms with Gasteiger partial charge < -0.3 is 9.64 Å². The van der Waals surface area contributed by atoms with Gasteiger partial charge in [-0.1, -0.05) is 41.6 Å². The van der Waals surface area contributed by atoms with E-state index in [0.29, 0.717) is 6.04 Å². The molecular formula is C28H37N5O. The minimum absolute atomic E-state index is 0.265. The maximum Gasteiger partial charge on any atom is 0.113 e. The number of piperidine rings is 1. The molecule has 0 aliphatic carbocycles. The van der Waals surface area contributed by atoms with Gasteiger partial charge in [-0.3, -0.25) is 4.90 Å². The molecule has 1 unspecified atom stereocenters. The smallest absolute Gasteiger partial charge is 0.113 e. The fourth-order valence-corrected chi connectivity index (χ4v) is 5.37. The first-order valence-corrected chi connectivity index (χ1v) is 12.8. The Morgan fingerprint density at radius 3 is 2.59 bits per heavy atom. The highest BCUT2D eigenvalue weighted by Crippen LogP contribution is 2.29. The zero-order valence-electron chi connectivity index (χ0n) is 20.6. The number of anilines is 1. The zero-order chi connectivity index (χ0) is 23.3. The second-order valence-electron chi connectivity index (χ2n) is 9.93. The van der Waals surface area contributed by atoms with Crippen LogP contribution < -0.4 is 4.90 Å². The van der Waals surface area contributed by atoms with Crippen molar-refractivity contribution in [2.45, 2.75) is 64.3 Å². The Balaban J connectivity index is 1.17. The summed E-state index contributed by atoms with van der Waals surface area (Å²) in [6.45, 7) is 7.06. The van der Waals surface area contributed by atoms with Crippen LogP contribution in [0.25, 0.3) is 11.3 Å². The monoisotopic (exact) mass is 459 g/mol. The van der Waals surface area contributed by atoms with Crippen LogP contribution in [-0.4, -0.2) is 58.8 Å². The molecule has 180 valence electrons. The molecule has 1 aromatic heterocycles. The second-order valence-corrected chi connectivity index (χ2v) is 9.93. The van der Waals surface area contributed by atoms with Gasteiger partial charge in [0.2, 0.25) is 0 Å². The number of benzene rings is 2.